The molecule has 0 radical (unpaired) electrons. The maximum absolute atomic E-state index is 13.1. The van der Waals surface area contributed by atoms with Crippen LogP contribution in [0.15, 0.2) is 59.5 Å². The van der Waals surface area contributed by atoms with Gasteiger partial charge in [0.05, 0.1) is 15.7 Å². The largest absolute Gasteiger partial charge is 0.294 e. The van der Waals surface area contributed by atoms with E-state index in [1.165, 1.54) is 16.4 Å². The topological polar surface area (TPSA) is 74.8 Å². The number of hydrogen-bond donors (Lipinski definition) is 0. The maximum atomic E-state index is 13.1. The molecule has 2 saturated heterocycles. The Morgan fingerprint density at radius 2 is 1.57 bits per heavy atom. The smallest absolute Gasteiger partial charge is 0.243 e. The molecule has 9 heteroatoms. The van der Waals surface area contributed by atoms with Crippen LogP contribution in [0.4, 0.5) is 10.1 Å². The van der Waals surface area contributed by atoms with Crippen LogP contribution in [-0.2, 0) is 25.6 Å². The van der Waals surface area contributed by atoms with E-state index < -0.39 is 31.5 Å². The second kappa shape index (κ2) is 7.06. The fourth-order valence-electron chi connectivity index (χ4n) is 3.88. The summed E-state index contributed by atoms with van der Waals surface area (Å²) in [4.78, 5) is 13.3. The summed E-state index contributed by atoms with van der Waals surface area (Å²) < 4.78 is 53.0. The van der Waals surface area contributed by atoms with Gasteiger partial charge in [-0.25, -0.2) is 12.8 Å². The van der Waals surface area contributed by atoms with Crippen LogP contribution in [0.5, 0.6) is 0 Å². The van der Waals surface area contributed by atoms with E-state index in [0.717, 1.165) is 12.1 Å². The lowest BCUT2D eigenvalue weighted by Gasteiger charge is -2.42. The lowest BCUT2D eigenvalue weighted by molar-refractivity contribution is -0.116. The second-order valence-corrected chi connectivity index (χ2v) is 10.5. The van der Waals surface area contributed by atoms with Gasteiger partial charge in [-0.1, -0.05) is 18.2 Å². The Morgan fingerprint density at radius 1 is 0.964 bits per heavy atom. The standard InChI is InChI=1S/C19H19FN2O4S2/c20-15-6-8-17(9-7-15)28(25,26)21-12-10-19(11-13-21)22(18(23)14-27(19)24)16-4-2-1-3-5-16/h1-9H,10-14H2. The van der Waals surface area contributed by atoms with Crippen LogP contribution in [-0.4, -0.2) is 46.6 Å². The summed E-state index contributed by atoms with van der Waals surface area (Å²) in [6.07, 6.45) is 0.557. The van der Waals surface area contributed by atoms with Crippen LogP contribution >= 0.6 is 0 Å². The Balaban J connectivity index is 1.61. The number of amides is 1. The molecule has 0 aromatic heterocycles. The number of benzene rings is 2. The third-order valence-electron chi connectivity index (χ3n) is 5.30. The van der Waals surface area contributed by atoms with Gasteiger partial charge in [0, 0.05) is 18.8 Å². The molecule has 4 rings (SSSR count). The molecular formula is C19H19FN2O4S2. The van der Waals surface area contributed by atoms with Crippen molar-refractivity contribution in [3.63, 3.8) is 0 Å². The first-order chi connectivity index (χ1) is 13.3. The third kappa shape index (κ3) is 3.07. The summed E-state index contributed by atoms with van der Waals surface area (Å²) >= 11 is 0. The molecule has 0 N–H and O–H groups in total. The molecule has 2 aliphatic rings. The van der Waals surface area contributed by atoms with Gasteiger partial charge in [0.15, 0.2) is 0 Å². The Kier molecular flexibility index (Phi) is 4.84. The van der Waals surface area contributed by atoms with E-state index in [-0.39, 0.29) is 42.5 Å². The van der Waals surface area contributed by atoms with Crippen molar-refractivity contribution in [3.8, 4) is 0 Å². The van der Waals surface area contributed by atoms with Gasteiger partial charge in [-0.2, -0.15) is 4.31 Å². The van der Waals surface area contributed by atoms with Crippen molar-refractivity contribution < 1.29 is 21.8 Å². The summed E-state index contributed by atoms with van der Waals surface area (Å²) in [5.74, 6) is -0.770. The van der Waals surface area contributed by atoms with Crippen molar-refractivity contribution in [2.24, 2.45) is 0 Å². The average molecular weight is 423 g/mol. The van der Waals surface area contributed by atoms with E-state index in [0.29, 0.717) is 5.69 Å². The van der Waals surface area contributed by atoms with Crippen LogP contribution in [0.25, 0.3) is 0 Å². The number of para-hydroxylation sites is 1. The summed E-state index contributed by atoms with van der Waals surface area (Å²) in [7, 11) is -5.19. The van der Waals surface area contributed by atoms with Crippen molar-refractivity contribution >= 4 is 32.4 Å². The molecule has 1 unspecified atom stereocenters. The van der Waals surface area contributed by atoms with Crippen molar-refractivity contribution in [2.75, 3.05) is 23.7 Å². The van der Waals surface area contributed by atoms with E-state index >= 15 is 0 Å². The van der Waals surface area contributed by atoms with Crippen molar-refractivity contribution in [3.05, 3.63) is 60.4 Å². The lowest BCUT2D eigenvalue weighted by Crippen LogP contribution is -2.56. The van der Waals surface area contributed by atoms with Crippen LogP contribution in [0.3, 0.4) is 0 Å². The number of carbonyl (C=O) groups excluding carboxylic acids is 1. The first kappa shape index (κ1) is 19.2. The molecule has 0 saturated carbocycles. The summed E-state index contributed by atoms with van der Waals surface area (Å²) in [5, 5.41) is 0. The molecule has 1 atom stereocenters. The number of rotatable bonds is 3. The summed E-state index contributed by atoms with van der Waals surface area (Å²) in [6, 6.07) is 13.8. The van der Waals surface area contributed by atoms with Crippen molar-refractivity contribution in [1.29, 1.82) is 0 Å². The molecule has 0 aliphatic carbocycles. The minimum absolute atomic E-state index is 0.0217. The summed E-state index contributed by atoms with van der Waals surface area (Å²) in [5.41, 5.74) is 0.674. The van der Waals surface area contributed by atoms with Gasteiger partial charge >= 0.3 is 0 Å². The Morgan fingerprint density at radius 3 is 2.18 bits per heavy atom. The molecule has 2 aliphatic heterocycles. The Bertz CT molecular complexity index is 1020. The molecule has 2 aromatic rings. The number of anilines is 1. The maximum Gasteiger partial charge on any atom is 0.243 e. The van der Waals surface area contributed by atoms with Gasteiger partial charge < -0.3 is 0 Å². The predicted molar refractivity (Wildman–Crippen MR) is 104 cm³/mol. The van der Waals surface area contributed by atoms with E-state index in [1.807, 2.05) is 18.2 Å². The van der Waals surface area contributed by atoms with E-state index in [9.17, 15) is 21.8 Å². The number of hydrogen-bond acceptors (Lipinski definition) is 4. The zero-order chi connectivity index (χ0) is 19.9. The minimum atomic E-state index is -3.77. The van der Waals surface area contributed by atoms with Gasteiger partial charge in [0.25, 0.3) is 0 Å². The van der Waals surface area contributed by atoms with Gasteiger partial charge in [-0.3, -0.25) is 13.9 Å². The number of sulfonamides is 1. The van der Waals surface area contributed by atoms with Gasteiger partial charge in [-0.15, -0.1) is 0 Å². The molecule has 0 bridgehead atoms. The molecule has 28 heavy (non-hydrogen) atoms. The van der Waals surface area contributed by atoms with Gasteiger partial charge in [0.2, 0.25) is 15.9 Å². The molecule has 1 amide bonds. The minimum Gasteiger partial charge on any atom is -0.294 e. The van der Waals surface area contributed by atoms with E-state index in [2.05, 4.69) is 0 Å². The fraction of sp³-hybridized carbons (Fsp3) is 0.316. The van der Waals surface area contributed by atoms with Crippen molar-refractivity contribution in [2.45, 2.75) is 22.6 Å². The molecule has 2 aromatic carbocycles. The molecule has 1 spiro atoms. The monoisotopic (exact) mass is 422 g/mol. The molecular weight excluding hydrogens is 403 g/mol. The summed E-state index contributed by atoms with van der Waals surface area (Å²) in [6.45, 7) is 0.282. The highest BCUT2D eigenvalue weighted by Crippen LogP contribution is 2.41. The van der Waals surface area contributed by atoms with Gasteiger partial charge in [-0.05, 0) is 49.2 Å². The first-order valence-electron chi connectivity index (χ1n) is 8.87. The molecule has 6 nitrogen and oxygen atoms in total. The molecule has 2 fully saturated rings. The van der Waals surface area contributed by atoms with E-state index in [4.69, 9.17) is 0 Å². The highest BCUT2D eigenvalue weighted by molar-refractivity contribution is 7.89. The second-order valence-electron chi connectivity index (χ2n) is 6.86. The zero-order valence-electron chi connectivity index (χ0n) is 15.0. The van der Waals surface area contributed by atoms with E-state index in [1.54, 1.807) is 17.0 Å². The number of halogens is 1. The quantitative estimate of drug-likeness (QED) is 0.759. The number of nitrogens with zero attached hydrogens (tertiary/aromatic N) is 2. The molecule has 148 valence electrons. The highest BCUT2D eigenvalue weighted by atomic mass is 32.2. The van der Waals surface area contributed by atoms with Gasteiger partial charge in [0.1, 0.15) is 16.4 Å². The Hall–Kier alpha value is -2.10. The number of piperidine rings is 1. The van der Waals surface area contributed by atoms with Crippen LogP contribution in [0.2, 0.25) is 0 Å². The number of carbonyl (C=O) groups is 1. The van der Waals surface area contributed by atoms with Crippen LogP contribution in [0, 0.1) is 5.82 Å². The first-order valence-corrected chi connectivity index (χ1v) is 11.6. The lowest BCUT2D eigenvalue weighted by atomic mass is 10.0. The SMILES string of the molecule is O=C1CS(=O)C2(CCN(S(=O)(=O)c3ccc(F)cc3)CC2)N1c1ccccc1. The molecule has 2 heterocycles. The predicted octanol–water partition coefficient (Wildman–Crippen LogP) is 2.10. The van der Waals surface area contributed by atoms with Crippen LogP contribution in [0.1, 0.15) is 12.8 Å². The van der Waals surface area contributed by atoms with Crippen molar-refractivity contribution in [1.82, 2.24) is 4.31 Å². The van der Waals surface area contributed by atoms with Crippen LogP contribution < -0.4 is 4.90 Å². The zero-order valence-corrected chi connectivity index (χ0v) is 16.6. The highest BCUT2D eigenvalue weighted by Gasteiger charge is 2.54. The third-order valence-corrected chi connectivity index (χ3v) is 9.17. The average Bonchev–Trinajstić information content (AvgIpc) is 2.92. The Labute approximate surface area is 165 Å². The normalized spacial score (nSPS) is 22.7. The fourth-order valence-corrected chi connectivity index (χ4v) is 6.99.